The molecule has 2 N–H and O–H groups in total. The summed E-state index contributed by atoms with van der Waals surface area (Å²) >= 11 is 0. The molecule has 1 aliphatic heterocycles. The van der Waals surface area contributed by atoms with Crippen molar-refractivity contribution in [3.05, 3.63) is 70.1 Å². The van der Waals surface area contributed by atoms with E-state index in [4.69, 9.17) is 0 Å². The summed E-state index contributed by atoms with van der Waals surface area (Å²) < 4.78 is 42.7. The molecular weight excluding hydrogens is 393 g/mol. The third-order valence-corrected chi connectivity index (χ3v) is 5.74. The summed E-state index contributed by atoms with van der Waals surface area (Å²) in [5, 5.41) is 8.47. The quantitative estimate of drug-likeness (QED) is 0.515. The number of halogens is 3. The van der Waals surface area contributed by atoms with Gasteiger partial charge in [0.1, 0.15) is 5.65 Å². The van der Waals surface area contributed by atoms with Crippen LogP contribution in [0.15, 0.2) is 53.3 Å². The molecule has 0 radical (unpaired) electrons. The molecular formula is C22H19F3N4O. The highest BCUT2D eigenvalue weighted by atomic mass is 19.4. The van der Waals surface area contributed by atoms with Gasteiger partial charge in [-0.1, -0.05) is 30.3 Å². The lowest BCUT2D eigenvalue weighted by atomic mass is 9.94. The molecule has 4 aromatic rings. The molecule has 154 valence electrons. The van der Waals surface area contributed by atoms with E-state index in [-0.39, 0.29) is 17.0 Å². The number of aromatic amines is 1. The highest BCUT2D eigenvalue weighted by molar-refractivity contribution is 6.04. The molecule has 2 aromatic carbocycles. The van der Waals surface area contributed by atoms with E-state index in [1.165, 1.54) is 12.1 Å². The number of aromatic nitrogens is 3. The van der Waals surface area contributed by atoms with Crippen LogP contribution in [0.2, 0.25) is 0 Å². The molecule has 0 aliphatic carbocycles. The number of nitrogens with zero attached hydrogens (tertiary/aromatic N) is 2. The number of fused-ring (bicyclic) bond motifs is 3. The molecule has 3 heterocycles. The Kier molecular flexibility index (Phi) is 4.39. The Morgan fingerprint density at radius 2 is 1.73 bits per heavy atom. The van der Waals surface area contributed by atoms with E-state index in [9.17, 15) is 18.0 Å². The predicted octanol–water partition coefficient (Wildman–Crippen LogP) is 4.33. The molecule has 8 heteroatoms. The molecule has 0 bridgehead atoms. The van der Waals surface area contributed by atoms with Gasteiger partial charge in [-0.15, -0.1) is 0 Å². The van der Waals surface area contributed by atoms with Crippen LogP contribution in [0.5, 0.6) is 0 Å². The van der Waals surface area contributed by atoms with Gasteiger partial charge in [-0.2, -0.15) is 18.3 Å². The maximum atomic E-state index is 13.7. The Morgan fingerprint density at radius 3 is 2.50 bits per heavy atom. The molecule has 1 fully saturated rings. The second kappa shape index (κ2) is 6.98. The minimum absolute atomic E-state index is 0.0682. The smallest absolute Gasteiger partial charge is 0.317 e. The van der Waals surface area contributed by atoms with Crippen LogP contribution in [-0.4, -0.2) is 27.7 Å². The van der Waals surface area contributed by atoms with Gasteiger partial charge in [0.05, 0.1) is 22.2 Å². The van der Waals surface area contributed by atoms with Crippen molar-refractivity contribution >= 4 is 16.6 Å². The molecule has 0 amide bonds. The van der Waals surface area contributed by atoms with E-state index in [1.54, 1.807) is 34.8 Å². The molecule has 5 nitrogen and oxygen atoms in total. The minimum atomic E-state index is -4.49. The van der Waals surface area contributed by atoms with Crippen LogP contribution in [0.25, 0.3) is 27.7 Å². The van der Waals surface area contributed by atoms with Gasteiger partial charge in [-0.05, 0) is 49.2 Å². The fourth-order valence-electron chi connectivity index (χ4n) is 4.38. The fourth-order valence-corrected chi connectivity index (χ4v) is 4.38. The molecule has 0 atom stereocenters. The van der Waals surface area contributed by atoms with Gasteiger partial charge in [0.2, 0.25) is 0 Å². The highest BCUT2D eigenvalue weighted by Crippen LogP contribution is 2.40. The van der Waals surface area contributed by atoms with Crippen molar-refractivity contribution in [3.63, 3.8) is 0 Å². The molecule has 0 unspecified atom stereocenters. The van der Waals surface area contributed by atoms with E-state index in [0.29, 0.717) is 22.1 Å². The monoisotopic (exact) mass is 412 g/mol. The Bertz CT molecular complexity index is 1300. The minimum Gasteiger partial charge on any atom is -0.317 e. The van der Waals surface area contributed by atoms with Gasteiger partial charge in [0.15, 0.2) is 0 Å². The standard InChI is InChI=1S/C22H19F3N4O/c23-22(24,25)16-6-2-1-4-14(16)15-5-3-7-17-20(15)21-27-19(30)12-18(29(21)28-17)13-8-10-26-11-9-13/h1-7,12-13,26H,8-11H2,(H,27,30). The maximum Gasteiger partial charge on any atom is 0.417 e. The number of hydrogen-bond donors (Lipinski definition) is 2. The second-order valence-corrected chi connectivity index (χ2v) is 7.59. The molecule has 2 aromatic heterocycles. The number of hydrogen-bond acceptors (Lipinski definition) is 3. The van der Waals surface area contributed by atoms with E-state index < -0.39 is 11.7 Å². The lowest BCUT2D eigenvalue weighted by Gasteiger charge is -2.23. The van der Waals surface area contributed by atoms with E-state index in [1.807, 2.05) is 0 Å². The average molecular weight is 412 g/mol. The largest absolute Gasteiger partial charge is 0.417 e. The number of rotatable bonds is 2. The summed E-state index contributed by atoms with van der Waals surface area (Å²) in [5.41, 5.74) is 1.24. The van der Waals surface area contributed by atoms with Gasteiger partial charge in [-0.25, -0.2) is 4.52 Å². The zero-order valence-corrected chi connectivity index (χ0v) is 16.0. The summed E-state index contributed by atoms with van der Waals surface area (Å²) in [6.07, 6.45) is -2.74. The molecule has 30 heavy (non-hydrogen) atoms. The summed E-state index contributed by atoms with van der Waals surface area (Å²) in [7, 11) is 0. The van der Waals surface area contributed by atoms with Gasteiger partial charge in [-0.3, -0.25) is 4.79 Å². The lowest BCUT2D eigenvalue weighted by molar-refractivity contribution is -0.137. The number of nitrogens with one attached hydrogen (secondary N) is 2. The summed E-state index contributed by atoms with van der Waals surface area (Å²) in [5.74, 6) is 0.163. The zero-order chi connectivity index (χ0) is 20.9. The number of H-pyrrole nitrogens is 1. The number of piperidine rings is 1. The Balaban J connectivity index is 1.82. The zero-order valence-electron chi connectivity index (χ0n) is 16.0. The van der Waals surface area contributed by atoms with Crippen molar-refractivity contribution in [1.29, 1.82) is 0 Å². The van der Waals surface area contributed by atoms with Crippen LogP contribution in [-0.2, 0) is 6.18 Å². The van der Waals surface area contributed by atoms with Gasteiger partial charge in [0.25, 0.3) is 5.56 Å². The number of benzene rings is 2. The van der Waals surface area contributed by atoms with Gasteiger partial charge >= 0.3 is 6.18 Å². The van der Waals surface area contributed by atoms with Crippen molar-refractivity contribution in [2.24, 2.45) is 0 Å². The van der Waals surface area contributed by atoms with Crippen LogP contribution >= 0.6 is 0 Å². The Morgan fingerprint density at radius 1 is 1.00 bits per heavy atom. The second-order valence-electron chi connectivity index (χ2n) is 7.59. The van der Waals surface area contributed by atoms with Crippen LogP contribution in [0.4, 0.5) is 13.2 Å². The van der Waals surface area contributed by atoms with Crippen LogP contribution < -0.4 is 10.9 Å². The third kappa shape index (κ3) is 3.08. The average Bonchev–Trinajstić information content (AvgIpc) is 3.12. The summed E-state index contributed by atoms with van der Waals surface area (Å²) in [4.78, 5) is 15.3. The first-order chi connectivity index (χ1) is 14.4. The highest BCUT2D eigenvalue weighted by Gasteiger charge is 2.34. The Labute approximate surface area is 169 Å². The van der Waals surface area contributed by atoms with E-state index in [2.05, 4.69) is 15.4 Å². The predicted molar refractivity (Wildman–Crippen MR) is 109 cm³/mol. The van der Waals surface area contributed by atoms with Crippen LogP contribution in [0.3, 0.4) is 0 Å². The fraction of sp³-hybridized carbons (Fsp3) is 0.273. The SMILES string of the molecule is O=c1cc(C2CCNCC2)n2nc3cccc(-c4ccccc4C(F)(F)F)c3c2[nH]1. The molecule has 5 rings (SSSR count). The van der Waals surface area contributed by atoms with E-state index in [0.717, 1.165) is 37.7 Å². The maximum absolute atomic E-state index is 13.7. The van der Waals surface area contributed by atoms with Crippen molar-refractivity contribution in [1.82, 2.24) is 19.9 Å². The first-order valence-electron chi connectivity index (χ1n) is 9.85. The summed E-state index contributed by atoms with van der Waals surface area (Å²) in [6, 6.07) is 12.1. The summed E-state index contributed by atoms with van der Waals surface area (Å²) in [6.45, 7) is 1.70. The van der Waals surface area contributed by atoms with Crippen molar-refractivity contribution < 1.29 is 13.2 Å². The van der Waals surface area contributed by atoms with Gasteiger partial charge < -0.3 is 10.3 Å². The number of alkyl halides is 3. The van der Waals surface area contributed by atoms with Crippen LogP contribution in [0.1, 0.15) is 30.0 Å². The lowest BCUT2D eigenvalue weighted by Crippen LogP contribution is -2.28. The normalized spacial score (nSPS) is 15.8. The van der Waals surface area contributed by atoms with Crippen LogP contribution in [0, 0.1) is 0 Å². The molecule has 1 saturated heterocycles. The van der Waals surface area contributed by atoms with Crippen molar-refractivity contribution in [2.45, 2.75) is 24.9 Å². The first kappa shape index (κ1) is 18.9. The first-order valence-corrected chi connectivity index (χ1v) is 9.85. The molecule has 0 saturated carbocycles. The topological polar surface area (TPSA) is 62.2 Å². The molecule has 1 aliphatic rings. The van der Waals surface area contributed by atoms with E-state index >= 15 is 0 Å². The van der Waals surface area contributed by atoms with Crippen molar-refractivity contribution in [2.75, 3.05) is 13.1 Å². The van der Waals surface area contributed by atoms with Gasteiger partial charge in [0, 0.05) is 12.0 Å². The van der Waals surface area contributed by atoms with Crippen molar-refractivity contribution in [3.8, 4) is 11.1 Å². The Hall–Kier alpha value is -3.13. The third-order valence-electron chi connectivity index (χ3n) is 5.74. The molecule has 0 spiro atoms.